The lowest BCUT2D eigenvalue weighted by atomic mass is 9.96. The number of benzene rings is 2. The number of likely N-dealkylation sites (N-methyl/N-ethyl adjacent to an activating group) is 1. The minimum Gasteiger partial charge on any atom is -0.508 e. The Bertz CT molecular complexity index is 1760. The first-order valence-electron chi connectivity index (χ1n) is 14.4. The number of anilines is 1. The molecule has 3 aliphatic rings. The standard InChI is InChI=1S/C32H32F2N6O2/c1-4-22-25(33)9-6-18-12-21(41)13-23(26(18)22)28-27(34)29-24(14-35-28)30(40-15-19-7-8-20(16-40)36-19)38-31(37-29)42-17-32(2)10-5-11-39(32)3/h1,6,9,12-14,19-20,36,41H,5,7-8,10-11,15-17H2,2-3H3/t19?,20?,32-/m0/s1. The highest BCUT2D eigenvalue weighted by Gasteiger charge is 2.36. The summed E-state index contributed by atoms with van der Waals surface area (Å²) < 4.78 is 37.6. The molecule has 3 atom stereocenters. The summed E-state index contributed by atoms with van der Waals surface area (Å²) in [4.78, 5) is 18.3. The van der Waals surface area contributed by atoms with Crippen LogP contribution in [0.15, 0.2) is 30.5 Å². The van der Waals surface area contributed by atoms with Crippen molar-refractivity contribution in [1.29, 1.82) is 0 Å². The molecule has 2 bridgehead atoms. The van der Waals surface area contributed by atoms with Gasteiger partial charge in [0.05, 0.1) is 16.5 Å². The van der Waals surface area contributed by atoms with Gasteiger partial charge >= 0.3 is 6.01 Å². The number of terminal acetylenes is 1. The Morgan fingerprint density at radius 1 is 1.19 bits per heavy atom. The second-order valence-corrected chi connectivity index (χ2v) is 12.0. The third kappa shape index (κ3) is 4.39. The Hall–Kier alpha value is -4.07. The number of nitrogens with one attached hydrogen (secondary N) is 1. The quantitative estimate of drug-likeness (QED) is 0.337. The third-order valence-electron chi connectivity index (χ3n) is 9.25. The van der Waals surface area contributed by atoms with Gasteiger partial charge in [-0.3, -0.25) is 9.88 Å². The van der Waals surface area contributed by atoms with Crippen LogP contribution < -0.4 is 15.0 Å². The molecule has 4 aromatic rings. The summed E-state index contributed by atoms with van der Waals surface area (Å²) in [7, 11) is 2.07. The smallest absolute Gasteiger partial charge is 0.319 e. The van der Waals surface area contributed by atoms with Crippen LogP contribution in [-0.2, 0) is 0 Å². The molecule has 0 amide bonds. The van der Waals surface area contributed by atoms with Crippen molar-refractivity contribution >= 4 is 27.5 Å². The summed E-state index contributed by atoms with van der Waals surface area (Å²) in [6.07, 6.45) is 11.4. The zero-order chi connectivity index (χ0) is 29.2. The molecule has 216 valence electrons. The molecule has 3 saturated heterocycles. The van der Waals surface area contributed by atoms with Gasteiger partial charge in [-0.05, 0) is 69.8 Å². The van der Waals surface area contributed by atoms with Gasteiger partial charge in [0, 0.05) is 42.3 Å². The molecule has 5 heterocycles. The summed E-state index contributed by atoms with van der Waals surface area (Å²) in [5.74, 6) is 1.50. The van der Waals surface area contributed by atoms with Gasteiger partial charge in [0.25, 0.3) is 0 Å². The van der Waals surface area contributed by atoms with Crippen molar-refractivity contribution in [1.82, 2.24) is 25.2 Å². The van der Waals surface area contributed by atoms with E-state index in [0.29, 0.717) is 40.7 Å². The minimum absolute atomic E-state index is 0.0265. The molecular formula is C32H32F2N6O2. The van der Waals surface area contributed by atoms with Crippen LogP contribution in [0.3, 0.4) is 0 Å². The van der Waals surface area contributed by atoms with E-state index in [1.165, 1.54) is 24.3 Å². The van der Waals surface area contributed by atoms with Crippen molar-refractivity contribution in [3.05, 3.63) is 47.7 Å². The number of rotatable bonds is 5. The van der Waals surface area contributed by atoms with Crippen LogP contribution in [-0.4, -0.2) is 75.9 Å². The van der Waals surface area contributed by atoms with Crippen LogP contribution in [0.4, 0.5) is 14.6 Å². The SMILES string of the molecule is C#Cc1c(F)ccc2cc(O)cc(-c3ncc4c(N5CC6CCC(C5)N6)nc(OC[C@]5(C)CCCN5C)nc4c3F)c12. The number of aromatic hydroxyl groups is 1. The van der Waals surface area contributed by atoms with Gasteiger partial charge in [0.2, 0.25) is 0 Å². The van der Waals surface area contributed by atoms with Crippen molar-refractivity contribution in [2.75, 3.05) is 38.2 Å². The third-order valence-corrected chi connectivity index (χ3v) is 9.25. The van der Waals surface area contributed by atoms with Gasteiger partial charge in [-0.15, -0.1) is 6.42 Å². The van der Waals surface area contributed by atoms with E-state index in [4.69, 9.17) is 16.1 Å². The van der Waals surface area contributed by atoms with Crippen molar-refractivity contribution in [3.63, 3.8) is 0 Å². The molecule has 0 saturated carbocycles. The van der Waals surface area contributed by atoms with Crippen molar-refractivity contribution < 1.29 is 18.6 Å². The number of piperazine rings is 1. The van der Waals surface area contributed by atoms with Crippen molar-refractivity contribution in [2.24, 2.45) is 0 Å². The number of phenolic OH excluding ortho intramolecular Hbond substituents is 1. The van der Waals surface area contributed by atoms with E-state index in [-0.39, 0.29) is 39.6 Å². The second kappa shape index (κ2) is 10.0. The number of ether oxygens (including phenoxy) is 1. The number of hydrogen-bond donors (Lipinski definition) is 2. The fraction of sp³-hybridized carbons (Fsp3) is 0.406. The van der Waals surface area contributed by atoms with E-state index in [0.717, 1.165) is 45.3 Å². The highest BCUT2D eigenvalue weighted by atomic mass is 19.1. The number of fused-ring (bicyclic) bond motifs is 4. The largest absolute Gasteiger partial charge is 0.508 e. The molecule has 10 heteroatoms. The highest BCUT2D eigenvalue weighted by molar-refractivity contribution is 6.03. The lowest BCUT2D eigenvalue weighted by Crippen LogP contribution is -2.51. The Kier molecular flexibility index (Phi) is 6.40. The molecule has 2 aromatic carbocycles. The number of hydrogen-bond acceptors (Lipinski definition) is 8. The first kappa shape index (κ1) is 26.8. The predicted molar refractivity (Wildman–Crippen MR) is 158 cm³/mol. The maximum absolute atomic E-state index is 16.6. The average molecular weight is 571 g/mol. The van der Waals surface area contributed by atoms with Crippen LogP contribution in [0.1, 0.15) is 38.2 Å². The summed E-state index contributed by atoms with van der Waals surface area (Å²) in [6, 6.07) is 6.30. The normalized spacial score (nSPS) is 24.0. The summed E-state index contributed by atoms with van der Waals surface area (Å²) in [5, 5.41) is 15.3. The molecular weight excluding hydrogens is 538 g/mol. The van der Waals surface area contributed by atoms with E-state index in [1.807, 2.05) is 0 Å². The van der Waals surface area contributed by atoms with E-state index >= 15 is 4.39 Å². The maximum Gasteiger partial charge on any atom is 0.319 e. The van der Waals surface area contributed by atoms with Gasteiger partial charge in [-0.25, -0.2) is 8.78 Å². The van der Waals surface area contributed by atoms with Crippen molar-refractivity contribution in [3.8, 4) is 35.4 Å². The topological polar surface area (TPSA) is 86.6 Å². The minimum atomic E-state index is -0.720. The van der Waals surface area contributed by atoms with Crippen LogP contribution in [0.25, 0.3) is 32.9 Å². The van der Waals surface area contributed by atoms with E-state index in [1.54, 1.807) is 6.20 Å². The summed E-state index contributed by atoms with van der Waals surface area (Å²) in [5.41, 5.74) is -0.0683. The van der Waals surface area contributed by atoms with Gasteiger partial charge in [0.15, 0.2) is 5.82 Å². The molecule has 3 fully saturated rings. The summed E-state index contributed by atoms with van der Waals surface area (Å²) >= 11 is 0. The van der Waals surface area contributed by atoms with Gasteiger partial charge < -0.3 is 20.1 Å². The molecule has 42 heavy (non-hydrogen) atoms. The van der Waals surface area contributed by atoms with Crippen LogP contribution >= 0.6 is 0 Å². The van der Waals surface area contributed by atoms with Crippen molar-refractivity contribution in [2.45, 2.75) is 50.2 Å². The Morgan fingerprint density at radius 2 is 1.98 bits per heavy atom. The van der Waals surface area contributed by atoms with E-state index in [9.17, 15) is 9.50 Å². The number of nitrogens with zero attached hydrogens (tertiary/aromatic N) is 5. The first-order chi connectivity index (χ1) is 20.2. The molecule has 2 unspecified atom stereocenters. The first-order valence-corrected chi connectivity index (χ1v) is 14.4. The predicted octanol–water partition coefficient (Wildman–Crippen LogP) is 4.61. The fourth-order valence-corrected chi connectivity index (χ4v) is 6.80. The van der Waals surface area contributed by atoms with Gasteiger partial charge in [-0.2, -0.15) is 9.97 Å². The molecule has 0 radical (unpaired) electrons. The molecule has 3 aliphatic heterocycles. The number of aromatic nitrogens is 3. The lowest BCUT2D eigenvalue weighted by Gasteiger charge is -2.34. The highest BCUT2D eigenvalue weighted by Crippen LogP contribution is 2.39. The number of pyridine rings is 1. The van der Waals surface area contributed by atoms with Crippen LogP contribution in [0, 0.1) is 24.0 Å². The molecule has 2 N–H and O–H groups in total. The summed E-state index contributed by atoms with van der Waals surface area (Å²) in [6.45, 7) is 4.95. The molecule has 8 nitrogen and oxygen atoms in total. The zero-order valence-electron chi connectivity index (χ0n) is 23.6. The molecule has 7 rings (SSSR count). The molecule has 0 aliphatic carbocycles. The average Bonchev–Trinajstić information content (AvgIpc) is 3.50. The molecule has 0 spiro atoms. The van der Waals surface area contributed by atoms with E-state index in [2.05, 4.69) is 45.0 Å². The fourth-order valence-electron chi connectivity index (χ4n) is 6.80. The van der Waals surface area contributed by atoms with Crippen LogP contribution in [0.2, 0.25) is 0 Å². The Labute approximate surface area is 242 Å². The Morgan fingerprint density at radius 3 is 2.69 bits per heavy atom. The number of phenols is 1. The monoisotopic (exact) mass is 570 g/mol. The zero-order valence-corrected chi connectivity index (χ0v) is 23.6. The lowest BCUT2D eigenvalue weighted by molar-refractivity contribution is 0.108. The molecule has 2 aromatic heterocycles. The van der Waals surface area contributed by atoms with Crippen LogP contribution in [0.5, 0.6) is 11.8 Å². The number of halogens is 2. The Balaban J connectivity index is 1.40. The van der Waals surface area contributed by atoms with E-state index < -0.39 is 11.6 Å². The second-order valence-electron chi connectivity index (χ2n) is 12.0. The van der Waals surface area contributed by atoms with Gasteiger partial charge in [0.1, 0.15) is 35.2 Å². The maximum atomic E-state index is 16.6. The van der Waals surface area contributed by atoms with Gasteiger partial charge in [-0.1, -0.05) is 12.0 Å². The number of likely N-dealkylation sites (tertiary alicyclic amines) is 1.